The van der Waals surface area contributed by atoms with Crippen LogP contribution in [0.25, 0.3) is 0 Å². The van der Waals surface area contributed by atoms with E-state index in [0.29, 0.717) is 6.61 Å². The maximum atomic E-state index is 9.76. The monoisotopic (exact) mass is 416 g/mol. The summed E-state index contributed by atoms with van der Waals surface area (Å²) in [5, 5.41) is 54.9. The van der Waals surface area contributed by atoms with Gasteiger partial charge < -0.3 is 54.3 Å². The average Bonchev–Trinajstić information content (AvgIpc) is 2.70. The van der Waals surface area contributed by atoms with E-state index in [1.807, 2.05) is 6.92 Å². The van der Waals surface area contributed by atoms with E-state index >= 15 is 0 Å². The molecule has 0 bridgehead atoms. The molecular formula is C17H36O11. The van der Waals surface area contributed by atoms with Crippen LogP contribution in [0.15, 0.2) is 0 Å². The van der Waals surface area contributed by atoms with Crippen molar-refractivity contribution in [3.63, 3.8) is 0 Å². The van der Waals surface area contributed by atoms with Crippen molar-refractivity contribution in [3.8, 4) is 0 Å². The van der Waals surface area contributed by atoms with Gasteiger partial charge in [0.15, 0.2) is 0 Å². The Labute approximate surface area is 165 Å². The van der Waals surface area contributed by atoms with Crippen molar-refractivity contribution >= 4 is 0 Å². The Balaban J connectivity index is 4.14. The number of ether oxygens (including phenoxy) is 5. The Morgan fingerprint density at radius 3 is 1.61 bits per heavy atom. The zero-order chi connectivity index (χ0) is 21.2. The number of hydrogen-bond donors (Lipinski definition) is 6. The molecule has 0 aliphatic rings. The van der Waals surface area contributed by atoms with Gasteiger partial charge in [-0.15, -0.1) is 0 Å². The van der Waals surface area contributed by atoms with Gasteiger partial charge in [0.1, 0.15) is 30.5 Å². The molecule has 11 nitrogen and oxygen atoms in total. The summed E-state index contributed by atoms with van der Waals surface area (Å²) in [6.45, 7) is 1.22. The van der Waals surface area contributed by atoms with Gasteiger partial charge in [-0.1, -0.05) is 0 Å². The fourth-order valence-electron chi connectivity index (χ4n) is 1.87. The molecule has 170 valence electrons. The Morgan fingerprint density at radius 2 is 1.04 bits per heavy atom. The molecule has 0 radical (unpaired) electrons. The van der Waals surface area contributed by atoms with Gasteiger partial charge in [0, 0.05) is 6.61 Å². The largest absolute Gasteiger partial charge is 0.394 e. The zero-order valence-corrected chi connectivity index (χ0v) is 16.4. The maximum absolute atomic E-state index is 9.76. The lowest BCUT2D eigenvalue weighted by atomic mass is 10.3. The first kappa shape index (κ1) is 27.6. The van der Waals surface area contributed by atoms with Crippen molar-refractivity contribution in [3.05, 3.63) is 0 Å². The molecule has 0 heterocycles. The summed E-state index contributed by atoms with van der Waals surface area (Å²) >= 11 is 0. The number of hydrogen-bond acceptors (Lipinski definition) is 11. The van der Waals surface area contributed by atoms with Crippen LogP contribution in [0.2, 0.25) is 0 Å². The molecule has 5 atom stereocenters. The topological polar surface area (TPSA) is 168 Å². The van der Waals surface area contributed by atoms with Crippen molar-refractivity contribution in [2.24, 2.45) is 0 Å². The summed E-state index contributed by atoms with van der Waals surface area (Å²) in [6, 6.07) is 0. The second-order valence-corrected chi connectivity index (χ2v) is 6.15. The third-order valence-corrected chi connectivity index (χ3v) is 3.41. The second kappa shape index (κ2) is 18.6. The van der Waals surface area contributed by atoms with Crippen molar-refractivity contribution in [1.82, 2.24) is 0 Å². The van der Waals surface area contributed by atoms with Crippen molar-refractivity contribution in [2.45, 2.75) is 37.4 Å². The van der Waals surface area contributed by atoms with Gasteiger partial charge in [0.25, 0.3) is 0 Å². The molecule has 0 aromatic carbocycles. The summed E-state index contributed by atoms with van der Waals surface area (Å²) < 4.78 is 26.6. The van der Waals surface area contributed by atoms with Crippen molar-refractivity contribution in [1.29, 1.82) is 0 Å². The highest BCUT2D eigenvalue weighted by atomic mass is 16.6. The number of aliphatic hydroxyl groups is 6. The van der Waals surface area contributed by atoms with Crippen LogP contribution >= 0.6 is 0 Å². The molecule has 0 rings (SSSR count). The molecule has 0 amide bonds. The predicted octanol–water partition coefficient (Wildman–Crippen LogP) is -3.11. The molecule has 11 heteroatoms. The van der Waals surface area contributed by atoms with Gasteiger partial charge in [-0.3, -0.25) is 0 Å². The third kappa shape index (κ3) is 15.5. The summed E-state index contributed by atoms with van der Waals surface area (Å²) in [6.07, 6.45) is -4.07. The first-order chi connectivity index (χ1) is 13.5. The van der Waals surface area contributed by atoms with Gasteiger partial charge in [0.2, 0.25) is 0 Å². The third-order valence-electron chi connectivity index (χ3n) is 3.41. The van der Waals surface area contributed by atoms with E-state index in [9.17, 15) is 15.3 Å². The first-order valence-electron chi connectivity index (χ1n) is 9.29. The standard InChI is InChI=1S/C17H36O11/c1-2-24-10-17(28-12-16(5-20)27-9-14(22)4-19)11-26-8-15(23)7-25-6-13(21)3-18/h13-23H,2-12H2,1H3. The van der Waals surface area contributed by atoms with Gasteiger partial charge in [-0.2, -0.15) is 0 Å². The van der Waals surface area contributed by atoms with Crippen LogP contribution in [0.1, 0.15) is 6.92 Å². The molecule has 0 aliphatic carbocycles. The maximum Gasteiger partial charge on any atom is 0.104 e. The molecular weight excluding hydrogens is 380 g/mol. The van der Waals surface area contributed by atoms with E-state index in [-0.39, 0.29) is 52.9 Å². The molecule has 0 aromatic rings. The minimum absolute atomic E-state index is 0.0240. The van der Waals surface area contributed by atoms with E-state index in [4.69, 9.17) is 39.0 Å². The van der Waals surface area contributed by atoms with Gasteiger partial charge in [-0.25, -0.2) is 0 Å². The highest BCUT2D eigenvalue weighted by molar-refractivity contribution is 4.63. The van der Waals surface area contributed by atoms with Crippen LogP contribution in [-0.2, 0) is 23.7 Å². The van der Waals surface area contributed by atoms with E-state index in [1.54, 1.807) is 0 Å². The van der Waals surface area contributed by atoms with Crippen LogP contribution in [0.3, 0.4) is 0 Å². The molecule has 0 saturated carbocycles. The molecule has 0 aromatic heterocycles. The Bertz CT molecular complexity index is 334. The smallest absolute Gasteiger partial charge is 0.104 e. The molecule has 0 aliphatic heterocycles. The van der Waals surface area contributed by atoms with Crippen LogP contribution in [0.4, 0.5) is 0 Å². The van der Waals surface area contributed by atoms with Gasteiger partial charge in [0.05, 0.1) is 66.1 Å². The Hall–Kier alpha value is -0.440. The summed E-state index contributed by atoms with van der Waals surface area (Å²) in [7, 11) is 0. The van der Waals surface area contributed by atoms with Crippen LogP contribution in [0.5, 0.6) is 0 Å². The lowest BCUT2D eigenvalue weighted by molar-refractivity contribution is -0.120. The van der Waals surface area contributed by atoms with Crippen LogP contribution in [-0.4, -0.2) is 134 Å². The SMILES string of the molecule is CCOCC(COCC(O)COCC(O)CO)OCC(CO)OCC(O)CO. The molecule has 6 N–H and O–H groups in total. The minimum Gasteiger partial charge on any atom is -0.394 e. The molecule has 0 fully saturated rings. The van der Waals surface area contributed by atoms with Gasteiger partial charge in [-0.05, 0) is 6.92 Å². The highest BCUT2D eigenvalue weighted by Crippen LogP contribution is 2.02. The average molecular weight is 416 g/mol. The van der Waals surface area contributed by atoms with Gasteiger partial charge >= 0.3 is 0 Å². The molecule has 0 spiro atoms. The minimum atomic E-state index is -1.03. The van der Waals surface area contributed by atoms with Crippen LogP contribution in [0, 0.1) is 0 Å². The van der Waals surface area contributed by atoms with E-state index < -0.39 is 43.7 Å². The highest BCUT2D eigenvalue weighted by Gasteiger charge is 2.17. The van der Waals surface area contributed by atoms with Crippen molar-refractivity contribution < 1.29 is 54.3 Å². The fourth-order valence-corrected chi connectivity index (χ4v) is 1.87. The number of rotatable bonds is 20. The van der Waals surface area contributed by atoms with E-state index in [0.717, 1.165) is 0 Å². The predicted molar refractivity (Wildman–Crippen MR) is 96.9 cm³/mol. The Kier molecular flexibility index (Phi) is 18.3. The summed E-state index contributed by atoms with van der Waals surface area (Å²) in [5.74, 6) is 0. The van der Waals surface area contributed by atoms with E-state index in [1.165, 1.54) is 0 Å². The zero-order valence-electron chi connectivity index (χ0n) is 16.4. The summed E-state index contributed by atoms with van der Waals surface area (Å²) in [5.41, 5.74) is 0. The Morgan fingerprint density at radius 1 is 0.536 bits per heavy atom. The lowest BCUT2D eigenvalue weighted by Crippen LogP contribution is -2.35. The fraction of sp³-hybridized carbons (Fsp3) is 1.00. The molecule has 5 unspecified atom stereocenters. The van der Waals surface area contributed by atoms with Crippen molar-refractivity contribution in [2.75, 3.05) is 72.7 Å². The quantitative estimate of drug-likeness (QED) is 0.119. The van der Waals surface area contributed by atoms with Crippen LogP contribution < -0.4 is 0 Å². The lowest BCUT2D eigenvalue weighted by Gasteiger charge is -2.23. The first-order valence-corrected chi connectivity index (χ1v) is 9.29. The second-order valence-electron chi connectivity index (χ2n) is 6.15. The summed E-state index contributed by atoms with van der Waals surface area (Å²) in [4.78, 5) is 0. The van der Waals surface area contributed by atoms with E-state index in [2.05, 4.69) is 0 Å². The normalized spacial score (nSPS) is 17.2. The number of aliphatic hydroxyl groups excluding tert-OH is 6. The molecule has 28 heavy (non-hydrogen) atoms. The molecule has 0 saturated heterocycles.